The first-order valence-corrected chi connectivity index (χ1v) is 8.71. The number of hydrogen-bond donors (Lipinski definition) is 0. The second-order valence-corrected chi connectivity index (χ2v) is 6.49. The number of benzene rings is 3. The topological polar surface area (TPSA) is 41.9 Å². The number of carbonyl (C=O) groups excluding carboxylic acids is 1. The fourth-order valence-electron chi connectivity index (χ4n) is 2.46. The normalized spacial score (nSPS) is 10.8. The highest BCUT2D eigenvalue weighted by Gasteiger charge is 2.08. The van der Waals surface area contributed by atoms with Crippen molar-refractivity contribution < 1.29 is 9.53 Å². The van der Waals surface area contributed by atoms with Crippen LogP contribution in [0.1, 0.15) is 21.5 Å². The van der Waals surface area contributed by atoms with E-state index in [1.54, 1.807) is 30.5 Å². The van der Waals surface area contributed by atoms with Gasteiger partial charge >= 0.3 is 5.97 Å². The molecule has 0 saturated heterocycles. The Hall–Kier alpha value is -3.40. The number of rotatable bonds is 5. The third-order valence-corrected chi connectivity index (χ3v) is 4.11. The largest absolute Gasteiger partial charge is 0.423 e. The minimum Gasteiger partial charge on any atom is -0.423 e. The number of aliphatic imine (C=N–C) groups is 1. The molecule has 0 N–H and O–H groups in total. The molecule has 0 amide bonds. The zero-order chi connectivity index (χ0) is 19.2. The van der Waals surface area contributed by atoms with Gasteiger partial charge in [-0.3, -0.25) is 4.99 Å². The molecule has 3 aromatic carbocycles. The second-order valence-electron chi connectivity index (χ2n) is 6.49. The highest BCUT2D eigenvalue weighted by atomic mass is 16.5. The van der Waals surface area contributed by atoms with Crippen LogP contribution in [0.4, 0.5) is 11.4 Å². The standard InChI is InChI=1S/C23H22N2O2/c1-17-4-10-20(11-5-17)24-16-18-6-14-22(15-7-18)27-23(26)19-8-12-21(13-9-19)25(2)3/h4-16H,1-3H3. The van der Waals surface area contributed by atoms with E-state index in [0.29, 0.717) is 11.3 Å². The number of hydrogen-bond acceptors (Lipinski definition) is 4. The molecule has 0 heterocycles. The van der Waals surface area contributed by atoms with E-state index in [1.807, 2.05) is 74.4 Å². The van der Waals surface area contributed by atoms with Crippen LogP contribution < -0.4 is 9.64 Å². The molecule has 0 aliphatic carbocycles. The third kappa shape index (κ3) is 5.05. The maximum Gasteiger partial charge on any atom is 0.343 e. The Morgan fingerprint density at radius 3 is 2.11 bits per heavy atom. The van der Waals surface area contributed by atoms with Gasteiger partial charge in [0, 0.05) is 26.0 Å². The molecule has 0 aromatic heterocycles. The van der Waals surface area contributed by atoms with Crippen molar-refractivity contribution in [3.8, 4) is 5.75 Å². The predicted octanol–water partition coefficient (Wildman–Crippen LogP) is 5.03. The molecule has 4 nitrogen and oxygen atoms in total. The smallest absolute Gasteiger partial charge is 0.343 e. The number of aryl methyl sites for hydroxylation is 1. The first-order chi connectivity index (χ1) is 13.0. The number of anilines is 1. The molecule has 0 aliphatic rings. The number of ether oxygens (including phenoxy) is 1. The Morgan fingerprint density at radius 2 is 1.52 bits per heavy atom. The van der Waals surface area contributed by atoms with E-state index >= 15 is 0 Å². The Morgan fingerprint density at radius 1 is 0.889 bits per heavy atom. The van der Waals surface area contributed by atoms with Crippen molar-refractivity contribution >= 4 is 23.6 Å². The molecule has 27 heavy (non-hydrogen) atoms. The maximum atomic E-state index is 12.3. The van der Waals surface area contributed by atoms with Crippen molar-refractivity contribution in [3.63, 3.8) is 0 Å². The molecule has 0 atom stereocenters. The van der Waals surface area contributed by atoms with E-state index in [1.165, 1.54) is 5.56 Å². The summed E-state index contributed by atoms with van der Waals surface area (Å²) in [7, 11) is 3.91. The van der Waals surface area contributed by atoms with Gasteiger partial charge in [-0.2, -0.15) is 0 Å². The van der Waals surface area contributed by atoms with Gasteiger partial charge in [-0.15, -0.1) is 0 Å². The van der Waals surface area contributed by atoms with Crippen LogP contribution in [0.25, 0.3) is 0 Å². The summed E-state index contributed by atoms with van der Waals surface area (Å²) in [4.78, 5) is 18.7. The van der Waals surface area contributed by atoms with Crippen LogP contribution in [0, 0.1) is 6.92 Å². The predicted molar refractivity (Wildman–Crippen MR) is 111 cm³/mol. The lowest BCUT2D eigenvalue weighted by Gasteiger charge is -2.12. The first kappa shape index (κ1) is 18.4. The fourth-order valence-corrected chi connectivity index (χ4v) is 2.46. The average molecular weight is 358 g/mol. The molecule has 0 fully saturated rings. The summed E-state index contributed by atoms with van der Waals surface area (Å²) in [5.41, 5.74) is 4.59. The SMILES string of the molecule is Cc1ccc(N=Cc2ccc(OC(=O)c3ccc(N(C)C)cc3)cc2)cc1. The van der Waals surface area contributed by atoms with Crippen molar-refractivity contribution in [2.45, 2.75) is 6.92 Å². The molecule has 136 valence electrons. The van der Waals surface area contributed by atoms with Crippen molar-refractivity contribution in [3.05, 3.63) is 89.5 Å². The molecule has 3 rings (SSSR count). The van der Waals surface area contributed by atoms with Crippen LogP contribution in [0.15, 0.2) is 77.8 Å². The van der Waals surface area contributed by atoms with Crippen molar-refractivity contribution in [2.75, 3.05) is 19.0 Å². The molecule has 0 unspecified atom stereocenters. The van der Waals surface area contributed by atoms with Crippen LogP contribution in [-0.2, 0) is 0 Å². The Labute approximate surface area is 159 Å². The summed E-state index contributed by atoms with van der Waals surface area (Å²) in [6.07, 6.45) is 1.79. The van der Waals surface area contributed by atoms with E-state index in [-0.39, 0.29) is 5.97 Å². The van der Waals surface area contributed by atoms with E-state index in [4.69, 9.17) is 4.74 Å². The monoisotopic (exact) mass is 358 g/mol. The maximum absolute atomic E-state index is 12.3. The minimum atomic E-state index is -0.374. The van der Waals surface area contributed by atoms with Gasteiger partial charge in [0.2, 0.25) is 0 Å². The summed E-state index contributed by atoms with van der Waals surface area (Å²) >= 11 is 0. The summed E-state index contributed by atoms with van der Waals surface area (Å²) < 4.78 is 5.43. The van der Waals surface area contributed by atoms with Gasteiger partial charge in [-0.25, -0.2) is 4.79 Å². The molecule has 3 aromatic rings. The van der Waals surface area contributed by atoms with Crippen LogP contribution >= 0.6 is 0 Å². The Kier molecular flexibility index (Phi) is 5.67. The van der Waals surface area contributed by atoms with Gasteiger partial charge in [-0.05, 0) is 73.2 Å². The summed E-state index contributed by atoms with van der Waals surface area (Å²) in [5, 5.41) is 0. The van der Waals surface area contributed by atoms with Gasteiger partial charge in [0.25, 0.3) is 0 Å². The molecule has 0 radical (unpaired) electrons. The minimum absolute atomic E-state index is 0.374. The molecular weight excluding hydrogens is 336 g/mol. The van der Waals surface area contributed by atoms with Crippen molar-refractivity contribution in [1.29, 1.82) is 0 Å². The lowest BCUT2D eigenvalue weighted by Crippen LogP contribution is -2.11. The van der Waals surface area contributed by atoms with Crippen LogP contribution in [-0.4, -0.2) is 26.3 Å². The quantitative estimate of drug-likeness (QED) is 0.365. The first-order valence-electron chi connectivity index (χ1n) is 8.71. The second kappa shape index (κ2) is 8.32. The molecular formula is C23H22N2O2. The fraction of sp³-hybridized carbons (Fsp3) is 0.130. The summed E-state index contributed by atoms with van der Waals surface area (Å²) in [6.45, 7) is 2.05. The zero-order valence-corrected chi connectivity index (χ0v) is 15.7. The summed E-state index contributed by atoms with van der Waals surface area (Å²) in [5.74, 6) is 0.130. The van der Waals surface area contributed by atoms with Gasteiger partial charge in [0.05, 0.1) is 11.3 Å². The molecule has 4 heteroatoms. The van der Waals surface area contributed by atoms with E-state index in [9.17, 15) is 4.79 Å². The van der Waals surface area contributed by atoms with Crippen LogP contribution in [0.5, 0.6) is 5.75 Å². The molecule has 0 spiro atoms. The molecule has 0 aliphatic heterocycles. The van der Waals surface area contributed by atoms with E-state index in [0.717, 1.165) is 16.9 Å². The Balaban J connectivity index is 1.63. The van der Waals surface area contributed by atoms with Crippen LogP contribution in [0.2, 0.25) is 0 Å². The van der Waals surface area contributed by atoms with Gasteiger partial charge in [0.15, 0.2) is 0 Å². The lowest BCUT2D eigenvalue weighted by atomic mass is 10.2. The number of carbonyl (C=O) groups is 1. The third-order valence-electron chi connectivity index (χ3n) is 4.11. The number of nitrogens with zero attached hydrogens (tertiary/aromatic N) is 2. The van der Waals surface area contributed by atoms with Gasteiger partial charge in [0.1, 0.15) is 5.75 Å². The van der Waals surface area contributed by atoms with Gasteiger partial charge in [-0.1, -0.05) is 17.7 Å². The van der Waals surface area contributed by atoms with Crippen LogP contribution in [0.3, 0.4) is 0 Å². The van der Waals surface area contributed by atoms with Crippen molar-refractivity contribution in [2.24, 2.45) is 4.99 Å². The number of esters is 1. The highest BCUT2D eigenvalue weighted by Crippen LogP contribution is 2.17. The van der Waals surface area contributed by atoms with E-state index in [2.05, 4.69) is 4.99 Å². The highest BCUT2D eigenvalue weighted by molar-refractivity contribution is 5.91. The Bertz CT molecular complexity index is 926. The van der Waals surface area contributed by atoms with Gasteiger partial charge < -0.3 is 9.64 Å². The summed E-state index contributed by atoms with van der Waals surface area (Å²) in [6, 6.07) is 22.6. The molecule has 0 saturated carbocycles. The lowest BCUT2D eigenvalue weighted by molar-refractivity contribution is 0.0735. The van der Waals surface area contributed by atoms with E-state index < -0.39 is 0 Å². The van der Waals surface area contributed by atoms with Crippen molar-refractivity contribution in [1.82, 2.24) is 0 Å². The zero-order valence-electron chi connectivity index (χ0n) is 15.7. The molecule has 0 bridgehead atoms. The average Bonchev–Trinajstić information content (AvgIpc) is 2.68.